The number of esters is 2. The van der Waals surface area contributed by atoms with Crippen LogP contribution in [0.3, 0.4) is 0 Å². The van der Waals surface area contributed by atoms with E-state index in [9.17, 15) is 9.59 Å². The summed E-state index contributed by atoms with van der Waals surface area (Å²) in [7, 11) is 1.45. The van der Waals surface area contributed by atoms with Crippen molar-refractivity contribution in [1.82, 2.24) is 0 Å². The molecule has 4 atom stereocenters. The standard InChI is InChI=1S/C16H22O4/c1-4-12(17)20-16-7-11-5-14(2,9-16)8-15(6-11,10-16)13(18)19-3/h4,11H,1,5-10H2,2-3H3. The minimum Gasteiger partial charge on any atom is -0.469 e. The van der Waals surface area contributed by atoms with Crippen molar-refractivity contribution < 1.29 is 19.1 Å². The van der Waals surface area contributed by atoms with E-state index in [0.717, 1.165) is 32.1 Å². The number of ether oxygens (including phenoxy) is 2. The normalized spacial score (nSPS) is 45.0. The summed E-state index contributed by atoms with van der Waals surface area (Å²) in [5.41, 5.74) is -0.868. The maximum atomic E-state index is 12.3. The summed E-state index contributed by atoms with van der Waals surface area (Å²) in [6.45, 7) is 5.69. The number of rotatable bonds is 3. The van der Waals surface area contributed by atoms with E-state index in [0.29, 0.717) is 12.3 Å². The van der Waals surface area contributed by atoms with E-state index in [2.05, 4.69) is 13.5 Å². The van der Waals surface area contributed by atoms with E-state index in [-0.39, 0.29) is 17.4 Å². The number of carbonyl (C=O) groups is 2. The Morgan fingerprint density at radius 1 is 1.20 bits per heavy atom. The largest absolute Gasteiger partial charge is 0.469 e. The lowest BCUT2D eigenvalue weighted by Crippen LogP contribution is -2.62. The molecule has 0 saturated heterocycles. The molecule has 0 aromatic carbocycles. The molecular formula is C16H22O4. The molecule has 0 N–H and O–H groups in total. The Balaban J connectivity index is 1.97. The number of methoxy groups -OCH3 is 1. The summed E-state index contributed by atoms with van der Waals surface area (Å²) < 4.78 is 10.8. The van der Waals surface area contributed by atoms with Crippen LogP contribution in [0, 0.1) is 16.7 Å². The average Bonchev–Trinajstić information content (AvgIpc) is 2.34. The van der Waals surface area contributed by atoms with Crippen LogP contribution in [0.15, 0.2) is 12.7 Å². The van der Waals surface area contributed by atoms with Crippen LogP contribution in [0.2, 0.25) is 0 Å². The number of carbonyl (C=O) groups excluding carboxylic acids is 2. The Hall–Kier alpha value is -1.32. The molecule has 0 radical (unpaired) electrons. The van der Waals surface area contributed by atoms with Gasteiger partial charge in [0, 0.05) is 12.5 Å². The number of hydrogen-bond acceptors (Lipinski definition) is 4. The van der Waals surface area contributed by atoms with Gasteiger partial charge >= 0.3 is 11.9 Å². The van der Waals surface area contributed by atoms with Crippen molar-refractivity contribution in [2.45, 2.75) is 51.0 Å². The highest BCUT2D eigenvalue weighted by Crippen LogP contribution is 2.67. The van der Waals surface area contributed by atoms with Gasteiger partial charge in [0.2, 0.25) is 0 Å². The minimum absolute atomic E-state index is 0.0784. The Kier molecular flexibility index (Phi) is 2.79. The molecule has 4 nitrogen and oxygen atoms in total. The van der Waals surface area contributed by atoms with E-state index >= 15 is 0 Å². The van der Waals surface area contributed by atoms with Crippen LogP contribution in [-0.2, 0) is 19.1 Å². The predicted octanol–water partition coefficient (Wildman–Crippen LogP) is 2.62. The minimum atomic E-state index is -0.492. The Bertz CT molecular complexity index is 485. The molecule has 0 heterocycles. The lowest BCUT2D eigenvalue weighted by Gasteiger charge is -2.63. The maximum Gasteiger partial charge on any atom is 0.330 e. The van der Waals surface area contributed by atoms with Crippen molar-refractivity contribution in [3.8, 4) is 0 Å². The van der Waals surface area contributed by atoms with Crippen LogP contribution in [0.25, 0.3) is 0 Å². The molecule has 4 aliphatic carbocycles. The molecule has 4 saturated carbocycles. The fourth-order valence-corrected chi connectivity index (χ4v) is 5.64. The van der Waals surface area contributed by atoms with Crippen LogP contribution in [0.5, 0.6) is 0 Å². The Labute approximate surface area is 119 Å². The lowest BCUT2D eigenvalue weighted by atomic mass is 9.43. The molecule has 0 aliphatic heterocycles. The summed E-state index contributed by atoms with van der Waals surface area (Å²) >= 11 is 0. The summed E-state index contributed by atoms with van der Waals surface area (Å²) in [4.78, 5) is 24.0. The molecule has 4 bridgehead atoms. The smallest absolute Gasteiger partial charge is 0.330 e. The third kappa shape index (κ3) is 1.88. The second-order valence-electron chi connectivity index (χ2n) is 7.40. The second kappa shape index (κ2) is 4.09. The van der Waals surface area contributed by atoms with E-state index in [1.165, 1.54) is 13.2 Å². The van der Waals surface area contributed by atoms with Crippen molar-refractivity contribution in [2.75, 3.05) is 7.11 Å². The first kappa shape index (κ1) is 13.7. The van der Waals surface area contributed by atoms with Gasteiger partial charge in [-0.2, -0.15) is 0 Å². The first-order valence-corrected chi connectivity index (χ1v) is 7.28. The first-order valence-electron chi connectivity index (χ1n) is 7.28. The zero-order chi connectivity index (χ0) is 14.6. The highest BCUT2D eigenvalue weighted by atomic mass is 16.6. The van der Waals surface area contributed by atoms with Crippen molar-refractivity contribution in [2.24, 2.45) is 16.7 Å². The van der Waals surface area contributed by atoms with Gasteiger partial charge in [-0.3, -0.25) is 4.79 Å². The number of hydrogen-bond donors (Lipinski definition) is 0. The van der Waals surface area contributed by atoms with E-state index < -0.39 is 11.0 Å². The summed E-state index contributed by atoms with van der Waals surface area (Å²) in [5.74, 6) is -0.0598. The van der Waals surface area contributed by atoms with Crippen molar-refractivity contribution >= 4 is 11.9 Å². The van der Waals surface area contributed by atoms with Crippen LogP contribution in [0.4, 0.5) is 0 Å². The van der Waals surface area contributed by atoms with Crippen molar-refractivity contribution in [1.29, 1.82) is 0 Å². The third-order valence-electron chi connectivity index (χ3n) is 5.40. The summed E-state index contributed by atoms with van der Waals surface area (Å²) in [5, 5.41) is 0. The van der Waals surface area contributed by atoms with Crippen LogP contribution < -0.4 is 0 Å². The molecule has 0 aromatic rings. The zero-order valence-corrected chi connectivity index (χ0v) is 12.2. The average molecular weight is 278 g/mol. The van der Waals surface area contributed by atoms with Gasteiger partial charge in [0.15, 0.2) is 0 Å². The molecule has 0 aromatic heterocycles. The van der Waals surface area contributed by atoms with E-state index in [1.54, 1.807) is 0 Å². The van der Waals surface area contributed by atoms with Gasteiger partial charge in [-0.25, -0.2) is 4.79 Å². The third-order valence-corrected chi connectivity index (χ3v) is 5.40. The van der Waals surface area contributed by atoms with E-state index in [4.69, 9.17) is 9.47 Å². The van der Waals surface area contributed by atoms with Gasteiger partial charge in [-0.1, -0.05) is 13.5 Å². The topological polar surface area (TPSA) is 52.6 Å². The Morgan fingerprint density at radius 3 is 2.55 bits per heavy atom. The SMILES string of the molecule is C=CC(=O)OC12CC3CC(C)(C1)CC(C(=O)OC)(C3)C2. The molecule has 4 fully saturated rings. The fourth-order valence-electron chi connectivity index (χ4n) is 5.64. The molecule has 4 unspecified atom stereocenters. The highest BCUT2D eigenvalue weighted by Gasteiger charge is 2.66. The van der Waals surface area contributed by atoms with Gasteiger partial charge < -0.3 is 9.47 Å². The zero-order valence-electron chi connectivity index (χ0n) is 12.2. The van der Waals surface area contributed by atoms with Gasteiger partial charge in [-0.15, -0.1) is 0 Å². The van der Waals surface area contributed by atoms with Gasteiger partial charge in [0.25, 0.3) is 0 Å². The van der Waals surface area contributed by atoms with Crippen molar-refractivity contribution in [3.63, 3.8) is 0 Å². The van der Waals surface area contributed by atoms with Gasteiger partial charge in [0.05, 0.1) is 12.5 Å². The first-order chi connectivity index (χ1) is 9.34. The fraction of sp³-hybridized carbons (Fsp3) is 0.750. The van der Waals surface area contributed by atoms with Crippen LogP contribution in [-0.4, -0.2) is 24.6 Å². The molecule has 0 amide bonds. The molecule has 110 valence electrons. The summed E-state index contributed by atoms with van der Waals surface area (Å²) in [6, 6.07) is 0. The molecular weight excluding hydrogens is 256 g/mol. The molecule has 0 spiro atoms. The molecule has 4 aliphatic rings. The Morgan fingerprint density at radius 2 is 1.95 bits per heavy atom. The van der Waals surface area contributed by atoms with Crippen LogP contribution >= 0.6 is 0 Å². The maximum absolute atomic E-state index is 12.3. The van der Waals surface area contributed by atoms with Gasteiger partial charge in [0.1, 0.15) is 5.60 Å². The quantitative estimate of drug-likeness (QED) is 0.588. The van der Waals surface area contributed by atoms with E-state index in [1.807, 2.05) is 0 Å². The second-order valence-corrected chi connectivity index (χ2v) is 7.40. The highest BCUT2D eigenvalue weighted by molar-refractivity contribution is 5.82. The predicted molar refractivity (Wildman–Crippen MR) is 72.8 cm³/mol. The molecule has 20 heavy (non-hydrogen) atoms. The molecule has 4 rings (SSSR count). The molecule has 4 heteroatoms. The van der Waals surface area contributed by atoms with Gasteiger partial charge in [-0.05, 0) is 43.4 Å². The lowest BCUT2D eigenvalue weighted by molar-refractivity contribution is -0.223. The monoisotopic (exact) mass is 278 g/mol. The van der Waals surface area contributed by atoms with Crippen molar-refractivity contribution in [3.05, 3.63) is 12.7 Å². The van der Waals surface area contributed by atoms with Crippen LogP contribution in [0.1, 0.15) is 45.4 Å². The summed E-state index contributed by atoms with van der Waals surface area (Å²) in [6.07, 6.45) is 6.41.